The quantitative estimate of drug-likeness (QED) is 0.743. The monoisotopic (exact) mass is 206 g/mol. The highest BCUT2D eigenvalue weighted by Gasteiger charge is 2.11. The Kier molecular flexibility index (Phi) is 2.34. The SMILES string of the molecule is CC(N)c1noc(-c2cccc(=O)[nH]2)n1. The molecule has 6 nitrogen and oxygen atoms in total. The van der Waals surface area contributed by atoms with Gasteiger partial charge in [0.1, 0.15) is 5.69 Å². The van der Waals surface area contributed by atoms with Crippen molar-refractivity contribution in [2.45, 2.75) is 13.0 Å². The minimum absolute atomic E-state index is 0.215. The molecule has 2 aromatic heterocycles. The summed E-state index contributed by atoms with van der Waals surface area (Å²) in [5, 5.41) is 3.69. The molecule has 2 aromatic rings. The Hall–Kier alpha value is -1.95. The number of aromatic nitrogens is 3. The van der Waals surface area contributed by atoms with Crippen LogP contribution < -0.4 is 11.3 Å². The lowest BCUT2D eigenvalue weighted by Crippen LogP contribution is -2.07. The van der Waals surface area contributed by atoms with Crippen molar-refractivity contribution in [3.05, 3.63) is 34.4 Å². The zero-order valence-corrected chi connectivity index (χ0v) is 8.10. The fourth-order valence-electron chi connectivity index (χ4n) is 1.10. The van der Waals surface area contributed by atoms with Crippen LogP contribution in [-0.4, -0.2) is 15.1 Å². The molecule has 78 valence electrons. The molecule has 0 aliphatic heterocycles. The van der Waals surface area contributed by atoms with Crippen LogP contribution in [0.3, 0.4) is 0 Å². The van der Waals surface area contributed by atoms with Crippen molar-refractivity contribution in [3.8, 4) is 11.6 Å². The highest BCUT2D eigenvalue weighted by molar-refractivity contribution is 5.45. The van der Waals surface area contributed by atoms with Gasteiger partial charge >= 0.3 is 0 Å². The molecule has 0 aromatic carbocycles. The third-order valence-electron chi connectivity index (χ3n) is 1.85. The van der Waals surface area contributed by atoms with Gasteiger partial charge in [-0.25, -0.2) is 0 Å². The highest BCUT2D eigenvalue weighted by Crippen LogP contribution is 2.14. The Morgan fingerprint density at radius 2 is 2.33 bits per heavy atom. The first kappa shape index (κ1) is 9.60. The van der Waals surface area contributed by atoms with E-state index in [9.17, 15) is 4.79 Å². The van der Waals surface area contributed by atoms with Crippen molar-refractivity contribution in [3.63, 3.8) is 0 Å². The number of aromatic amines is 1. The molecule has 2 rings (SSSR count). The number of nitrogens with one attached hydrogen (secondary N) is 1. The summed E-state index contributed by atoms with van der Waals surface area (Å²) in [6, 6.07) is 4.41. The number of nitrogens with zero attached hydrogens (tertiary/aromatic N) is 2. The molecule has 0 radical (unpaired) electrons. The van der Waals surface area contributed by atoms with Gasteiger partial charge in [0.15, 0.2) is 5.82 Å². The summed E-state index contributed by atoms with van der Waals surface area (Å²) in [7, 11) is 0. The van der Waals surface area contributed by atoms with Crippen LogP contribution in [0.4, 0.5) is 0 Å². The fourth-order valence-corrected chi connectivity index (χ4v) is 1.10. The summed E-state index contributed by atoms with van der Waals surface area (Å²) in [6.45, 7) is 1.75. The van der Waals surface area contributed by atoms with E-state index < -0.39 is 0 Å². The van der Waals surface area contributed by atoms with Gasteiger partial charge in [0.2, 0.25) is 5.56 Å². The number of nitrogens with two attached hydrogens (primary N) is 1. The average Bonchev–Trinajstić information content (AvgIpc) is 2.66. The summed E-state index contributed by atoms with van der Waals surface area (Å²) < 4.78 is 4.96. The van der Waals surface area contributed by atoms with Crippen molar-refractivity contribution in [2.75, 3.05) is 0 Å². The molecule has 2 heterocycles. The van der Waals surface area contributed by atoms with Gasteiger partial charge in [0.05, 0.1) is 6.04 Å². The Balaban J connectivity index is 2.41. The number of H-pyrrole nitrogens is 1. The van der Waals surface area contributed by atoms with E-state index in [2.05, 4.69) is 15.1 Å². The highest BCUT2D eigenvalue weighted by atomic mass is 16.5. The van der Waals surface area contributed by atoms with Crippen molar-refractivity contribution < 1.29 is 4.52 Å². The molecule has 0 spiro atoms. The molecular weight excluding hydrogens is 196 g/mol. The molecule has 1 unspecified atom stereocenters. The van der Waals surface area contributed by atoms with Crippen molar-refractivity contribution in [2.24, 2.45) is 5.73 Å². The molecule has 0 bridgehead atoms. The lowest BCUT2D eigenvalue weighted by Gasteiger charge is -1.93. The third-order valence-corrected chi connectivity index (χ3v) is 1.85. The van der Waals surface area contributed by atoms with Crippen LogP contribution in [0.2, 0.25) is 0 Å². The summed E-state index contributed by atoms with van der Waals surface area (Å²) in [4.78, 5) is 17.7. The fraction of sp³-hybridized carbons (Fsp3) is 0.222. The number of pyridine rings is 1. The molecule has 3 N–H and O–H groups in total. The van der Waals surface area contributed by atoms with Crippen molar-refractivity contribution in [1.82, 2.24) is 15.1 Å². The second-order valence-corrected chi connectivity index (χ2v) is 3.18. The van der Waals surface area contributed by atoms with Crippen LogP contribution in [0.25, 0.3) is 11.6 Å². The van der Waals surface area contributed by atoms with Crippen LogP contribution in [-0.2, 0) is 0 Å². The van der Waals surface area contributed by atoms with Crippen LogP contribution >= 0.6 is 0 Å². The first-order chi connectivity index (χ1) is 7.16. The summed E-state index contributed by atoms with van der Waals surface area (Å²) in [5.74, 6) is 0.676. The van der Waals surface area contributed by atoms with E-state index >= 15 is 0 Å². The van der Waals surface area contributed by atoms with Crippen LogP contribution in [0, 0.1) is 0 Å². The minimum atomic E-state index is -0.294. The van der Waals surface area contributed by atoms with Gasteiger partial charge in [-0.15, -0.1) is 0 Å². The summed E-state index contributed by atoms with van der Waals surface area (Å²) in [5.41, 5.74) is 5.85. The first-order valence-electron chi connectivity index (χ1n) is 4.46. The number of hydrogen-bond acceptors (Lipinski definition) is 5. The van der Waals surface area contributed by atoms with Gasteiger partial charge in [-0.3, -0.25) is 4.79 Å². The second kappa shape index (κ2) is 3.66. The maximum absolute atomic E-state index is 11.0. The van der Waals surface area contributed by atoms with Crippen molar-refractivity contribution in [1.29, 1.82) is 0 Å². The molecular formula is C9H10N4O2. The largest absolute Gasteiger partial charge is 0.332 e. The molecule has 0 saturated carbocycles. The molecule has 0 aliphatic carbocycles. The topological polar surface area (TPSA) is 97.8 Å². The smallest absolute Gasteiger partial charge is 0.274 e. The van der Waals surface area contributed by atoms with Crippen LogP contribution in [0.5, 0.6) is 0 Å². The van der Waals surface area contributed by atoms with E-state index in [1.807, 2.05) is 0 Å². The van der Waals surface area contributed by atoms with Crippen LogP contribution in [0.1, 0.15) is 18.8 Å². The molecule has 15 heavy (non-hydrogen) atoms. The van der Waals surface area contributed by atoms with E-state index in [-0.39, 0.29) is 17.5 Å². The van der Waals surface area contributed by atoms with E-state index in [0.29, 0.717) is 11.5 Å². The Labute approximate surface area is 85.1 Å². The zero-order chi connectivity index (χ0) is 10.8. The van der Waals surface area contributed by atoms with Crippen LogP contribution in [0.15, 0.2) is 27.5 Å². The van der Waals surface area contributed by atoms with Gasteiger partial charge < -0.3 is 15.2 Å². The van der Waals surface area contributed by atoms with E-state index in [1.54, 1.807) is 19.1 Å². The van der Waals surface area contributed by atoms with Gasteiger partial charge in [-0.05, 0) is 13.0 Å². The lowest BCUT2D eigenvalue weighted by molar-refractivity contribution is 0.417. The van der Waals surface area contributed by atoms with Crippen molar-refractivity contribution >= 4 is 0 Å². The van der Waals surface area contributed by atoms with E-state index in [0.717, 1.165) is 0 Å². The number of hydrogen-bond donors (Lipinski definition) is 2. The predicted octanol–water partition coefficient (Wildman–Crippen LogP) is 0.445. The zero-order valence-electron chi connectivity index (χ0n) is 8.10. The molecule has 6 heteroatoms. The van der Waals surface area contributed by atoms with E-state index in [4.69, 9.17) is 10.3 Å². The maximum atomic E-state index is 11.0. The molecule has 1 atom stereocenters. The van der Waals surface area contributed by atoms with Gasteiger partial charge in [-0.2, -0.15) is 4.98 Å². The van der Waals surface area contributed by atoms with Gasteiger partial charge in [-0.1, -0.05) is 11.2 Å². The lowest BCUT2D eigenvalue weighted by atomic mass is 10.3. The first-order valence-corrected chi connectivity index (χ1v) is 4.46. The molecule has 0 aliphatic rings. The average molecular weight is 206 g/mol. The van der Waals surface area contributed by atoms with Gasteiger partial charge in [0, 0.05) is 6.07 Å². The molecule has 0 saturated heterocycles. The maximum Gasteiger partial charge on any atom is 0.274 e. The standard InChI is InChI=1S/C9H10N4O2/c1-5(10)8-12-9(15-13-8)6-3-2-4-7(14)11-6/h2-5H,10H2,1H3,(H,11,14). The Morgan fingerprint density at radius 3 is 2.93 bits per heavy atom. The number of rotatable bonds is 2. The third kappa shape index (κ3) is 1.94. The molecule has 0 fully saturated rings. The minimum Gasteiger partial charge on any atom is -0.332 e. The summed E-state index contributed by atoms with van der Waals surface area (Å²) >= 11 is 0. The van der Waals surface area contributed by atoms with E-state index in [1.165, 1.54) is 6.07 Å². The normalized spacial score (nSPS) is 12.7. The Morgan fingerprint density at radius 1 is 1.53 bits per heavy atom. The second-order valence-electron chi connectivity index (χ2n) is 3.18. The summed E-state index contributed by atoms with van der Waals surface area (Å²) in [6.07, 6.45) is 0. The predicted molar refractivity (Wildman–Crippen MR) is 53.0 cm³/mol. The molecule has 0 amide bonds. The Bertz CT molecular complexity index is 515. The van der Waals surface area contributed by atoms with Gasteiger partial charge in [0.25, 0.3) is 5.89 Å².